The van der Waals surface area contributed by atoms with Gasteiger partial charge in [-0.3, -0.25) is 4.79 Å². The first-order valence-corrected chi connectivity index (χ1v) is 5.78. The van der Waals surface area contributed by atoms with E-state index < -0.39 is 17.9 Å². The van der Waals surface area contributed by atoms with Crippen molar-refractivity contribution in [3.8, 4) is 0 Å². The monoisotopic (exact) mass is 228 g/mol. The standard InChI is InChI=1S/C11H20N2O3/c1-3-16-11(15)9(12)10(14)13-8-6-4-5-7(8)2/h7-9H,3-6,12H2,1-2H3,(H,13,14). The summed E-state index contributed by atoms with van der Waals surface area (Å²) in [6, 6.07) is -1.05. The van der Waals surface area contributed by atoms with E-state index >= 15 is 0 Å². The number of esters is 1. The van der Waals surface area contributed by atoms with Crippen molar-refractivity contribution < 1.29 is 14.3 Å². The highest BCUT2D eigenvalue weighted by molar-refractivity contribution is 6.01. The number of carbonyl (C=O) groups excluding carboxylic acids is 2. The van der Waals surface area contributed by atoms with Gasteiger partial charge in [0.15, 0.2) is 6.04 Å². The molecule has 0 aliphatic heterocycles. The van der Waals surface area contributed by atoms with Crippen molar-refractivity contribution in [2.45, 2.75) is 45.2 Å². The Morgan fingerprint density at radius 2 is 2.19 bits per heavy atom. The molecule has 1 fully saturated rings. The molecular formula is C11H20N2O3. The molecule has 1 amide bonds. The summed E-state index contributed by atoms with van der Waals surface area (Å²) in [6.07, 6.45) is 3.18. The third kappa shape index (κ3) is 3.20. The Kier molecular flexibility index (Phi) is 4.73. The maximum absolute atomic E-state index is 11.6. The van der Waals surface area contributed by atoms with Crippen LogP contribution in [0.3, 0.4) is 0 Å². The van der Waals surface area contributed by atoms with Crippen LogP contribution >= 0.6 is 0 Å². The third-order valence-electron chi connectivity index (χ3n) is 3.01. The number of nitrogens with one attached hydrogen (secondary N) is 1. The number of amides is 1. The SMILES string of the molecule is CCOC(=O)C(N)C(=O)NC1CCCC1C. The van der Waals surface area contributed by atoms with Crippen molar-refractivity contribution in [2.75, 3.05) is 6.61 Å². The fourth-order valence-electron chi connectivity index (χ4n) is 1.97. The predicted molar refractivity (Wildman–Crippen MR) is 59.6 cm³/mol. The van der Waals surface area contributed by atoms with Gasteiger partial charge < -0.3 is 15.8 Å². The van der Waals surface area contributed by atoms with Gasteiger partial charge >= 0.3 is 5.97 Å². The van der Waals surface area contributed by atoms with Crippen molar-refractivity contribution in [1.82, 2.24) is 5.32 Å². The van der Waals surface area contributed by atoms with Gasteiger partial charge in [-0.15, -0.1) is 0 Å². The van der Waals surface area contributed by atoms with Gasteiger partial charge in [0.2, 0.25) is 5.91 Å². The lowest BCUT2D eigenvalue weighted by Gasteiger charge is -2.19. The second-order valence-corrected chi connectivity index (χ2v) is 4.25. The summed E-state index contributed by atoms with van der Waals surface area (Å²) in [7, 11) is 0. The summed E-state index contributed by atoms with van der Waals surface area (Å²) in [5.41, 5.74) is 5.48. The summed E-state index contributed by atoms with van der Waals surface area (Å²) in [4.78, 5) is 22.9. The highest BCUT2D eigenvalue weighted by Crippen LogP contribution is 2.24. The molecule has 1 saturated carbocycles. The van der Waals surface area contributed by atoms with Gasteiger partial charge in [-0.2, -0.15) is 0 Å². The van der Waals surface area contributed by atoms with Gasteiger partial charge in [0.1, 0.15) is 0 Å². The van der Waals surface area contributed by atoms with E-state index in [1.807, 2.05) is 0 Å². The van der Waals surface area contributed by atoms with Crippen LogP contribution in [-0.2, 0) is 14.3 Å². The average Bonchev–Trinajstić information content (AvgIpc) is 2.63. The van der Waals surface area contributed by atoms with Crippen molar-refractivity contribution in [3.05, 3.63) is 0 Å². The number of hydrogen-bond acceptors (Lipinski definition) is 4. The molecule has 1 aliphatic carbocycles. The van der Waals surface area contributed by atoms with E-state index in [0.29, 0.717) is 5.92 Å². The lowest BCUT2D eigenvalue weighted by Crippen LogP contribution is -2.50. The van der Waals surface area contributed by atoms with Gasteiger partial charge in [0.05, 0.1) is 6.61 Å². The largest absolute Gasteiger partial charge is 0.464 e. The lowest BCUT2D eigenvalue weighted by atomic mass is 10.1. The van der Waals surface area contributed by atoms with E-state index in [9.17, 15) is 9.59 Å². The zero-order chi connectivity index (χ0) is 12.1. The Hall–Kier alpha value is -1.10. The lowest BCUT2D eigenvalue weighted by molar-refractivity contribution is -0.148. The average molecular weight is 228 g/mol. The minimum atomic E-state index is -1.20. The third-order valence-corrected chi connectivity index (χ3v) is 3.01. The first kappa shape index (κ1) is 13.0. The van der Waals surface area contributed by atoms with Crippen LogP contribution in [0.15, 0.2) is 0 Å². The molecular weight excluding hydrogens is 208 g/mol. The summed E-state index contributed by atoms with van der Waals surface area (Å²) < 4.78 is 4.69. The molecule has 0 spiro atoms. The highest BCUT2D eigenvalue weighted by atomic mass is 16.5. The van der Waals surface area contributed by atoms with E-state index in [1.54, 1.807) is 6.92 Å². The van der Waals surface area contributed by atoms with Crippen LogP contribution in [0.1, 0.15) is 33.1 Å². The van der Waals surface area contributed by atoms with Crippen molar-refractivity contribution in [1.29, 1.82) is 0 Å². The van der Waals surface area contributed by atoms with Crippen molar-refractivity contribution >= 4 is 11.9 Å². The smallest absolute Gasteiger partial charge is 0.332 e. The van der Waals surface area contributed by atoms with E-state index in [4.69, 9.17) is 10.5 Å². The van der Waals surface area contributed by atoms with Crippen LogP contribution in [0.2, 0.25) is 0 Å². The minimum Gasteiger partial charge on any atom is -0.464 e. The molecule has 5 heteroatoms. The molecule has 1 rings (SSSR count). The number of nitrogens with two attached hydrogens (primary N) is 1. The summed E-state index contributed by atoms with van der Waals surface area (Å²) >= 11 is 0. The summed E-state index contributed by atoms with van der Waals surface area (Å²) in [6.45, 7) is 4.01. The van der Waals surface area contributed by atoms with Crippen LogP contribution in [0.5, 0.6) is 0 Å². The highest BCUT2D eigenvalue weighted by Gasteiger charge is 2.29. The Morgan fingerprint density at radius 3 is 2.69 bits per heavy atom. The fourth-order valence-corrected chi connectivity index (χ4v) is 1.97. The van der Waals surface area contributed by atoms with E-state index in [0.717, 1.165) is 19.3 Å². The number of hydrogen-bond donors (Lipinski definition) is 2. The molecule has 5 nitrogen and oxygen atoms in total. The molecule has 0 saturated heterocycles. The first-order chi connectivity index (χ1) is 7.56. The van der Waals surface area contributed by atoms with Crippen molar-refractivity contribution in [3.63, 3.8) is 0 Å². The number of ether oxygens (including phenoxy) is 1. The molecule has 0 aromatic carbocycles. The van der Waals surface area contributed by atoms with Crippen LogP contribution in [0, 0.1) is 5.92 Å². The molecule has 16 heavy (non-hydrogen) atoms. The molecule has 0 aromatic heterocycles. The molecule has 3 atom stereocenters. The normalized spacial score (nSPS) is 26.2. The molecule has 0 radical (unpaired) electrons. The molecule has 0 aromatic rings. The van der Waals surface area contributed by atoms with Crippen LogP contribution in [-0.4, -0.2) is 30.6 Å². The molecule has 0 bridgehead atoms. The van der Waals surface area contributed by atoms with Crippen LogP contribution in [0.25, 0.3) is 0 Å². The number of rotatable bonds is 4. The summed E-state index contributed by atoms with van der Waals surface area (Å²) in [5.74, 6) is -0.638. The Bertz CT molecular complexity index is 268. The van der Waals surface area contributed by atoms with E-state index in [1.165, 1.54) is 0 Å². The number of carbonyl (C=O) groups is 2. The molecule has 92 valence electrons. The second kappa shape index (κ2) is 5.84. The predicted octanol–water partition coefficient (Wildman–Crippen LogP) is 0.182. The molecule has 3 N–H and O–H groups in total. The molecule has 3 unspecified atom stereocenters. The van der Waals surface area contributed by atoms with E-state index in [-0.39, 0.29) is 12.6 Å². The maximum atomic E-state index is 11.6. The molecule has 1 aliphatic rings. The Labute approximate surface area is 95.7 Å². The van der Waals surface area contributed by atoms with Crippen LogP contribution < -0.4 is 11.1 Å². The van der Waals surface area contributed by atoms with Crippen molar-refractivity contribution in [2.24, 2.45) is 11.7 Å². The second-order valence-electron chi connectivity index (χ2n) is 4.25. The Morgan fingerprint density at radius 1 is 1.50 bits per heavy atom. The maximum Gasteiger partial charge on any atom is 0.332 e. The van der Waals surface area contributed by atoms with Gasteiger partial charge in [-0.25, -0.2) is 4.79 Å². The van der Waals surface area contributed by atoms with E-state index in [2.05, 4.69) is 12.2 Å². The molecule has 0 heterocycles. The zero-order valence-electron chi connectivity index (χ0n) is 9.86. The van der Waals surface area contributed by atoms with Gasteiger partial charge in [-0.1, -0.05) is 13.3 Å². The summed E-state index contributed by atoms with van der Waals surface area (Å²) in [5, 5.41) is 2.80. The van der Waals surface area contributed by atoms with Gasteiger partial charge in [-0.05, 0) is 25.7 Å². The quantitative estimate of drug-likeness (QED) is 0.531. The van der Waals surface area contributed by atoms with Gasteiger partial charge in [0.25, 0.3) is 0 Å². The fraction of sp³-hybridized carbons (Fsp3) is 0.818. The van der Waals surface area contributed by atoms with Crippen LogP contribution in [0.4, 0.5) is 0 Å². The Balaban J connectivity index is 2.42. The topological polar surface area (TPSA) is 81.4 Å². The minimum absolute atomic E-state index is 0.146. The van der Waals surface area contributed by atoms with Gasteiger partial charge in [0, 0.05) is 6.04 Å². The zero-order valence-corrected chi connectivity index (χ0v) is 9.86. The first-order valence-electron chi connectivity index (χ1n) is 5.78.